The zero-order valence-electron chi connectivity index (χ0n) is 10.8. The van der Waals surface area contributed by atoms with Crippen molar-refractivity contribution in [2.75, 3.05) is 13.2 Å². The molecule has 4 heteroatoms. The lowest BCUT2D eigenvalue weighted by Gasteiger charge is -2.49. The summed E-state index contributed by atoms with van der Waals surface area (Å²) in [6.45, 7) is 3.53. The molecular formula is C14H20O4. The highest BCUT2D eigenvalue weighted by Gasteiger charge is 2.63. The number of fused-ring (bicyclic) bond motifs is 1. The summed E-state index contributed by atoms with van der Waals surface area (Å²) in [5.41, 5.74) is 0. The molecule has 0 aromatic rings. The first-order valence-corrected chi connectivity index (χ1v) is 7.20. The second kappa shape index (κ2) is 3.70. The third-order valence-electron chi connectivity index (χ3n) is 5.41. The van der Waals surface area contributed by atoms with E-state index in [0.29, 0.717) is 31.0 Å². The van der Waals surface area contributed by atoms with Gasteiger partial charge in [-0.3, -0.25) is 4.79 Å². The lowest BCUT2D eigenvalue weighted by Crippen LogP contribution is -2.55. The Kier molecular flexibility index (Phi) is 2.31. The molecule has 2 heterocycles. The van der Waals surface area contributed by atoms with E-state index in [4.69, 9.17) is 14.2 Å². The Hall–Kier alpha value is -0.610. The van der Waals surface area contributed by atoms with E-state index < -0.39 is 5.79 Å². The monoisotopic (exact) mass is 252 g/mol. The molecule has 2 saturated heterocycles. The molecule has 0 radical (unpaired) electrons. The lowest BCUT2D eigenvalue weighted by atomic mass is 9.59. The van der Waals surface area contributed by atoms with Crippen LogP contribution in [0.5, 0.6) is 0 Å². The number of carbonyl (C=O) groups excluding carboxylic acids is 1. The predicted molar refractivity (Wildman–Crippen MR) is 62.6 cm³/mol. The molecule has 2 saturated carbocycles. The molecule has 0 amide bonds. The molecule has 0 aromatic heterocycles. The molecule has 4 fully saturated rings. The van der Waals surface area contributed by atoms with Crippen molar-refractivity contribution in [2.45, 2.75) is 44.5 Å². The number of hydrogen-bond donors (Lipinski definition) is 0. The number of rotatable bonds is 0. The topological polar surface area (TPSA) is 44.8 Å². The van der Waals surface area contributed by atoms with Crippen LogP contribution in [0.2, 0.25) is 0 Å². The van der Waals surface area contributed by atoms with Crippen molar-refractivity contribution in [3.63, 3.8) is 0 Å². The normalized spacial score (nSPS) is 49.2. The van der Waals surface area contributed by atoms with Gasteiger partial charge < -0.3 is 14.2 Å². The van der Waals surface area contributed by atoms with Crippen molar-refractivity contribution < 1.29 is 19.0 Å². The Morgan fingerprint density at radius 2 is 2.00 bits per heavy atom. The molecule has 18 heavy (non-hydrogen) atoms. The minimum atomic E-state index is -0.409. The summed E-state index contributed by atoms with van der Waals surface area (Å²) in [4.78, 5) is 12.1. The largest absolute Gasteiger partial charge is 0.462 e. The highest BCUT2D eigenvalue weighted by atomic mass is 16.7. The van der Waals surface area contributed by atoms with Crippen LogP contribution in [0.25, 0.3) is 0 Å². The van der Waals surface area contributed by atoms with Crippen LogP contribution in [0.1, 0.15) is 32.6 Å². The smallest absolute Gasteiger partial charge is 0.309 e. The van der Waals surface area contributed by atoms with Crippen LogP contribution in [0.15, 0.2) is 0 Å². The van der Waals surface area contributed by atoms with E-state index in [9.17, 15) is 4.79 Å². The summed E-state index contributed by atoms with van der Waals surface area (Å²) in [6, 6.07) is 0. The fourth-order valence-electron chi connectivity index (χ4n) is 4.84. The summed E-state index contributed by atoms with van der Waals surface area (Å²) in [6.07, 6.45) is 4.22. The van der Waals surface area contributed by atoms with Crippen LogP contribution >= 0.6 is 0 Å². The number of carbonyl (C=O) groups is 1. The van der Waals surface area contributed by atoms with Crippen LogP contribution in [-0.2, 0) is 19.0 Å². The van der Waals surface area contributed by atoms with Crippen LogP contribution < -0.4 is 0 Å². The summed E-state index contributed by atoms with van der Waals surface area (Å²) < 4.78 is 17.6. The summed E-state index contributed by atoms with van der Waals surface area (Å²) in [5.74, 6) is 0.683. The molecule has 0 N–H and O–H groups in total. The zero-order valence-corrected chi connectivity index (χ0v) is 10.8. The highest BCUT2D eigenvalue weighted by Crippen LogP contribution is 2.57. The Morgan fingerprint density at radius 1 is 1.22 bits per heavy atom. The first-order valence-electron chi connectivity index (χ1n) is 7.20. The zero-order chi connectivity index (χ0) is 12.3. The van der Waals surface area contributed by atoms with Gasteiger partial charge >= 0.3 is 5.97 Å². The number of ether oxygens (including phenoxy) is 3. The molecule has 4 nitrogen and oxygen atoms in total. The van der Waals surface area contributed by atoms with Crippen molar-refractivity contribution in [1.82, 2.24) is 0 Å². The maximum Gasteiger partial charge on any atom is 0.309 e. The van der Waals surface area contributed by atoms with Crippen molar-refractivity contribution >= 4 is 5.97 Å². The van der Waals surface area contributed by atoms with Crippen LogP contribution in [-0.4, -0.2) is 31.1 Å². The highest BCUT2D eigenvalue weighted by molar-refractivity contribution is 5.76. The third kappa shape index (κ3) is 1.31. The molecule has 2 aliphatic carbocycles. The molecule has 5 atom stereocenters. The van der Waals surface area contributed by atoms with E-state index in [1.54, 1.807) is 0 Å². The van der Waals surface area contributed by atoms with Crippen molar-refractivity contribution in [3.8, 4) is 0 Å². The second-order valence-corrected chi connectivity index (χ2v) is 6.31. The Bertz CT molecular complexity index is 374. The molecule has 0 bridgehead atoms. The van der Waals surface area contributed by atoms with Gasteiger partial charge in [0.05, 0.1) is 19.1 Å². The van der Waals surface area contributed by atoms with Gasteiger partial charge in [-0.15, -0.1) is 0 Å². The molecular weight excluding hydrogens is 232 g/mol. The summed E-state index contributed by atoms with van der Waals surface area (Å²) in [7, 11) is 0. The minimum absolute atomic E-state index is 0.0252. The van der Waals surface area contributed by atoms with E-state index in [0.717, 1.165) is 25.7 Å². The van der Waals surface area contributed by atoms with Crippen molar-refractivity contribution in [3.05, 3.63) is 0 Å². The number of esters is 1. The average molecular weight is 252 g/mol. The standard InChI is InChI=1S/C14H20O4/c1-8-7-14(16-5-6-17-14)9-3-2-4-10-12(9)11(8)13(15)18-10/h8-12H,2-7H2,1H3/t8-,9-,10-,11+,12+/m0/s1. The van der Waals surface area contributed by atoms with Gasteiger partial charge in [-0.05, 0) is 25.2 Å². The molecule has 100 valence electrons. The fourth-order valence-corrected chi connectivity index (χ4v) is 4.84. The fraction of sp³-hybridized carbons (Fsp3) is 0.929. The quantitative estimate of drug-likeness (QED) is 0.616. The molecule has 4 aliphatic rings. The van der Waals surface area contributed by atoms with Crippen LogP contribution in [0.4, 0.5) is 0 Å². The maximum absolute atomic E-state index is 12.1. The molecule has 2 aliphatic heterocycles. The van der Waals surface area contributed by atoms with E-state index in [1.165, 1.54) is 0 Å². The van der Waals surface area contributed by atoms with Gasteiger partial charge in [0.1, 0.15) is 6.10 Å². The SMILES string of the molecule is C[C@H]1CC2(OCCO2)[C@H]2CCC[C@@H]3OC(=O)[C@H]1[C@@H]32. The van der Waals surface area contributed by atoms with Gasteiger partial charge in [-0.2, -0.15) is 0 Å². The van der Waals surface area contributed by atoms with Gasteiger partial charge in [0.25, 0.3) is 0 Å². The minimum Gasteiger partial charge on any atom is -0.462 e. The molecule has 1 spiro atoms. The predicted octanol–water partition coefficient (Wildman–Crippen LogP) is 1.73. The van der Waals surface area contributed by atoms with Crippen LogP contribution in [0, 0.1) is 23.7 Å². The maximum atomic E-state index is 12.1. The van der Waals surface area contributed by atoms with E-state index in [2.05, 4.69) is 6.92 Å². The Balaban J connectivity index is 1.74. The van der Waals surface area contributed by atoms with E-state index in [1.807, 2.05) is 0 Å². The average Bonchev–Trinajstić information content (AvgIpc) is 2.91. The second-order valence-electron chi connectivity index (χ2n) is 6.31. The van der Waals surface area contributed by atoms with E-state index >= 15 is 0 Å². The summed E-state index contributed by atoms with van der Waals surface area (Å²) >= 11 is 0. The lowest BCUT2D eigenvalue weighted by molar-refractivity contribution is -0.250. The van der Waals surface area contributed by atoms with Gasteiger partial charge in [0.15, 0.2) is 5.79 Å². The van der Waals surface area contributed by atoms with Gasteiger partial charge in [-0.25, -0.2) is 0 Å². The molecule has 4 rings (SSSR count). The number of hydrogen-bond acceptors (Lipinski definition) is 4. The Labute approximate surface area is 107 Å². The van der Waals surface area contributed by atoms with Gasteiger partial charge in [0, 0.05) is 18.3 Å². The van der Waals surface area contributed by atoms with Crippen molar-refractivity contribution in [2.24, 2.45) is 23.7 Å². The third-order valence-corrected chi connectivity index (χ3v) is 5.41. The molecule has 0 unspecified atom stereocenters. The first kappa shape index (κ1) is 11.2. The molecule has 0 aromatic carbocycles. The van der Waals surface area contributed by atoms with Crippen LogP contribution in [0.3, 0.4) is 0 Å². The van der Waals surface area contributed by atoms with Gasteiger partial charge in [0.2, 0.25) is 0 Å². The van der Waals surface area contributed by atoms with Gasteiger partial charge in [-0.1, -0.05) is 6.92 Å². The first-order chi connectivity index (χ1) is 8.71. The van der Waals surface area contributed by atoms with E-state index in [-0.39, 0.29) is 18.0 Å². The Morgan fingerprint density at radius 3 is 2.78 bits per heavy atom. The van der Waals surface area contributed by atoms with Crippen molar-refractivity contribution in [1.29, 1.82) is 0 Å². The summed E-state index contributed by atoms with van der Waals surface area (Å²) in [5, 5.41) is 0.